The van der Waals surface area contributed by atoms with Crippen molar-refractivity contribution in [1.82, 2.24) is 0 Å². The second-order valence-electron chi connectivity index (χ2n) is 3.34. The molecule has 0 amide bonds. The van der Waals surface area contributed by atoms with Gasteiger partial charge in [-0.15, -0.1) is 0 Å². The minimum absolute atomic E-state index is 0.0789. The number of allylic oxidation sites excluding steroid dienone is 2. The van der Waals surface area contributed by atoms with Crippen molar-refractivity contribution in [2.45, 2.75) is 19.8 Å². The first-order valence-electron chi connectivity index (χ1n) is 4.90. The van der Waals surface area contributed by atoms with Crippen molar-refractivity contribution in [1.29, 1.82) is 0 Å². The zero-order valence-corrected chi connectivity index (χ0v) is 8.65. The summed E-state index contributed by atoms with van der Waals surface area (Å²) >= 11 is 0. The Morgan fingerprint density at radius 3 is 2.67 bits per heavy atom. The summed E-state index contributed by atoms with van der Waals surface area (Å²) in [5, 5.41) is 17.6. The standard InChI is InChI=1S/C11H14BFO2/c1-2-3-4-5-9-6-7-10(12(14)15)11(13)8-9/h2-3,6-8,14-15H,4-5H2,1H3/b3-2+. The molecular formula is C11H14BFO2. The summed E-state index contributed by atoms with van der Waals surface area (Å²) in [6, 6.07) is 4.46. The van der Waals surface area contributed by atoms with E-state index in [1.54, 1.807) is 6.07 Å². The van der Waals surface area contributed by atoms with Crippen LogP contribution in [0.4, 0.5) is 4.39 Å². The largest absolute Gasteiger partial charge is 0.491 e. The number of aryl methyl sites for hydroxylation is 1. The van der Waals surface area contributed by atoms with Crippen molar-refractivity contribution in [3.8, 4) is 0 Å². The summed E-state index contributed by atoms with van der Waals surface area (Å²) in [5.41, 5.74) is 0.778. The fraction of sp³-hybridized carbons (Fsp3) is 0.273. The average Bonchev–Trinajstić information content (AvgIpc) is 2.17. The summed E-state index contributed by atoms with van der Waals surface area (Å²) in [6.07, 6.45) is 5.56. The average molecular weight is 208 g/mol. The zero-order valence-electron chi connectivity index (χ0n) is 8.65. The Balaban J connectivity index is 2.73. The van der Waals surface area contributed by atoms with E-state index in [2.05, 4.69) is 0 Å². The molecule has 0 radical (unpaired) electrons. The molecule has 1 aromatic rings. The molecule has 0 fully saturated rings. The fourth-order valence-corrected chi connectivity index (χ4v) is 1.35. The molecule has 0 aliphatic carbocycles. The molecule has 15 heavy (non-hydrogen) atoms. The van der Waals surface area contributed by atoms with Gasteiger partial charge in [0.2, 0.25) is 0 Å². The molecule has 4 heteroatoms. The Labute approximate surface area is 89.2 Å². The Kier molecular flexibility index (Phi) is 4.53. The zero-order chi connectivity index (χ0) is 11.3. The highest BCUT2D eigenvalue weighted by Crippen LogP contribution is 2.05. The molecule has 0 spiro atoms. The number of hydrogen-bond acceptors (Lipinski definition) is 2. The highest BCUT2D eigenvalue weighted by Gasteiger charge is 2.15. The van der Waals surface area contributed by atoms with E-state index in [1.165, 1.54) is 12.1 Å². The van der Waals surface area contributed by atoms with Crippen LogP contribution in [-0.2, 0) is 6.42 Å². The normalized spacial score (nSPS) is 10.9. The van der Waals surface area contributed by atoms with Crippen LogP contribution in [0.2, 0.25) is 0 Å². The first kappa shape index (κ1) is 11.9. The van der Waals surface area contributed by atoms with Crippen molar-refractivity contribution in [3.63, 3.8) is 0 Å². The Morgan fingerprint density at radius 2 is 2.13 bits per heavy atom. The van der Waals surface area contributed by atoms with E-state index in [-0.39, 0.29) is 5.46 Å². The van der Waals surface area contributed by atoms with Gasteiger partial charge >= 0.3 is 7.12 Å². The van der Waals surface area contributed by atoms with Crippen molar-refractivity contribution in [2.24, 2.45) is 0 Å². The van der Waals surface area contributed by atoms with E-state index < -0.39 is 12.9 Å². The van der Waals surface area contributed by atoms with Crippen LogP contribution < -0.4 is 5.46 Å². The second kappa shape index (κ2) is 5.68. The monoisotopic (exact) mass is 208 g/mol. The molecular weight excluding hydrogens is 194 g/mol. The van der Waals surface area contributed by atoms with Crippen LogP contribution in [0.1, 0.15) is 18.9 Å². The summed E-state index contributed by atoms with van der Waals surface area (Å²) in [7, 11) is -1.74. The van der Waals surface area contributed by atoms with E-state index in [4.69, 9.17) is 10.0 Å². The quantitative estimate of drug-likeness (QED) is 0.572. The predicted molar refractivity (Wildman–Crippen MR) is 59.4 cm³/mol. The molecule has 0 heterocycles. The molecule has 1 aromatic carbocycles. The van der Waals surface area contributed by atoms with E-state index in [0.29, 0.717) is 0 Å². The smallest absolute Gasteiger partial charge is 0.423 e. The van der Waals surface area contributed by atoms with Crippen molar-refractivity contribution < 1.29 is 14.4 Å². The van der Waals surface area contributed by atoms with Gasteiger partial charge in [-0.3, -0.25) is 0 Å². The molecule has 2 N–H and O–H groups in total. The molecule has 2 nitrogen and oxygen atoms in total. The maximum Gasteiger partial charge on any atom is 0.491 e. The van der Waals surface area contributed by atoms with Crippen molar-refractivity contribution in [3.05, 3.63) is 41.7 Å². The van der Waals surface area contributed by atoms with E-state index in [9.17, 15) is 4.39 Å². The summed E-state index contributed by atoms with van der Waals surface area (Å²) in [6.45, 7) is 1.94. The van der Waals surface area contributed by atoms with Gasteiger partial charge in [-0.05, 0) is 31.4 Å². The Hall–Kier alpha value is -1.13. The minimum atomic E-state index is -1.74. The maximum absolute atomic E-state index is 13.3. The van der Waals surface area contributed by atoms with Crippen LogP contribution in [0.3, 0.4) is 0 Å². The van der Waals surface area contributed by atoms with Gasteiger partial charge < -0.3 is 10.0 Å². The molecule has 0 unspecified atom stereocenters. The van der Waals surface area contributed by atoms with Gasteiger partial charge in [0, 0.05) is 5.46 Å². The van der Waals surface area contributed by atoms with Crippen LogP contribution in [0.25, 0.3) is 0 Å². The Morgan fingerprint density at radius 1 is 1.40 bits per heavy atom. The predicted octanol–water partition coefficient (Wildman–Crippen LogP) is 1.01. The third-order valence-electron chi connectivity index (χ3n) is 2.18. The van der Waals surface area contributed by atoms with Crippen LogP contribution in [0, 0.1) is 5.82 Å². The lowest BCUT2D eigenvalue weighted by atomic mass is 9.79. The second-order valence-corrected chi connectivity index (χ2v) is 3.34. The maximum atomic E-state index is 13.3. The van der Waals surface area contributed by atoms with Gasteiger partial charge in [-0.1, -0.05) is 24.3 Å². The number of halogens is 1. The van der Waals surface area contributed by atoms with Crippen LogP contribution in [0.15, 0.2) is 30.4 Å². The minimum Gasteiger partial charge on any atom is -0.423 e. The topological polar surface area (TPSA) is 40.5 Å². The first-order chi connectivity index (χ1) is 7.15. The molecule has 0 bridgehead atoms. The highest BCUT2D eigenvalue weighted by molar-refractivity contribution is 6.58. The lowest BCUT2D eigenvalue weighted by molar-refractivity contribution is 0.423. The van der Waals surface area contributed by atoms with Gasteiger partial charge in [-0.2, -0.15) is 0 Å². The molecule has 0 saturated heterocycles. The lowest BCUT2D eigenvalue weighted by Crippen LogP contribution is -2.32. The molecule has 0 aromatic heterocycles. The SMILES string of the molecule is C/C=C/CCc1ccc(B(O)O)c(F)c1. The molecule has 0 atom stereocenters. The first-order valence-corrected chi connectivity index (χ1v) is 4.90. The number of rotatable bonds is 4. The van der Waals surface area contributed by atoms with Crippen molar-refractivity contribution in [2.75, 3.05) is 0 Å². The van der Waals surface area contributed by atoms with Gasteiger partial charge in [0.1, 0.15) is 5.82 Å². The number of benzene rings is 1. The fourth-order valence-electron chi connectivity index (χ4n) is 1.35. The summed E-state index contributed by atoms with van der Waals surface area (Å²) < 4.78 is 13.3. The van der Waals surface area contributed by atoms with Crippen LogP contribution in [0.5, 0.6) is 0 Å². The van der Waals surface area contributed by atoms with E-state index >= 15 is 0 Å². The highest BCUT2D eigenvalue weighted by atomic mass is 19.1. The van der Waals surface area contributed by atoms with Gasteiger partial charge in [0.25, 0.3) is 0 Å². The van der Waals surface area contributed by atoms with Gasteiger partial charge in [0.05, 0.1) is 0 Å². The third-order valence-corrected chi connectivity index (χ3v) is 2.18. The molecule has 80 valence electrons. The molecule has 0 aliphatic heterocycles. The lowest BCUT2D eigenvalue weighted by Gasteiger charge is -2.04. The molecule has 0 saturated carbocycles. The van der Waals surface area contributed by atoms with Gasteiger partial charge in [-0.25, -0.2) is 4.39 Å². The van der Waals surface area contributed by atoms with Crippen LogP contribution >= 0.6 is 0 Å². The summed E-state index contributed by atoms with van der Waals surface area (Å²) in [5.74, 6) is -0.567. The van der Waals surface area contributed by atoms with Crippen molar-refractivity contribution >= 4 is 12.6 Å². The van der Waals surface area contributed by atoms with Gasteiger partial charge in [0.15, 0.2) is 0 Å². The molecule has 0 aliphatic rings. The Bertz CT molecular complexity index is 350. The summed E-state index contributed by atoms with van der Waals surface area (Å²) in [4.78, 5) is 0. The molecule has 1 rings (SSSR count). The van der Waals surface area contributed by atoms with E-state index in [0.717, 1.165) is 18.4 Å². The third kappa shape index (κ3) is 3.49. The number of hydrogen-bond donors (Lipinski definition) is 2. The van der Waals surface area contributed by atoms with Crippen LogP contribution in [-0.4, -0.2) is 17.2 Å². The van der Waals surface area contributed by atoms with E-state index in [1.807, 2.05) is 19.1 Å².